The van der Waals surface area contributed by atoms with Crippen molar-refractivity contribution in [3.63, 3.8) is 0 Å². The van der Waals surface area contributed by atoms with Crippen molar-refractivity contribution >= 4 is 35.5 Å². The Kier molecular flexibility index (Phi) is 6.79. The molecule has 2 bridgehead atoms. The third-order valence-corrected chi connectivity index (χ3v) is 5.61. The summed E-state index contributed by atoms with van der Waals surface area (Å²) in [6, 6.07) is 4.67. The second-order valence-electron chi connectivity index (χ2n) is 6.79. The number of ketones is 1. The van der Waals surface area contributed by atoms with Gasteiger partial charge >= 0.3 is 0 Å². The maximum absolute atomic E-state index is 12.4. The first-order valence-electron chi connectivity index (χ1n) is 8.50. The molecule has 134 valence electrons. The van der Waals surface area contributed by atoms with Crippen LogP contribution in [-0.4, -0.2) is 25.0 Å². The van der Waals surface area contributed by atoms with E-state index in [0.29, 0.717) is 34.5 Å². The molecule has 1 heterocycles. The monoisotopic (exact) mass is 372 g/mol. The van der Waals surface area contributed by atoms with Gasteiger partial charge in [0, 0.05) is 24.6 Å². The van der Waals surface area contributed by atoms with E-state index in [1.807, 2.05) is 0 Å². The Labute approximate surface area is 154 Å². The van der Waals surface area contributed by atoms with Crippen LogP contribution in [0, 0.1) is 5.92 Å². The van der Waals surface area contributed by atoms with E-state index < -0.39 is 0 Å². The second kappa shape index (κ2) is 8.41. The van der Waals surface area contributed by atoms with Gasteiger partial charge in [0.15, 0.2) is 5.78 Å². The van der Waals surface area contributed by atoms with Crippen LogP contribution >= 0.6 is 24.0 Å². The van der Waals surface area contributed by atoms with E-state index in [1.54, 1.807) is 19.2 Å². The van der Waals surface area contributed by atoms with E-state index in [-0.39, 0.29) is 18.2 Å². The highest BCUT2D eigenvalue weighted by Crippen LogP contribution is 2.37. The normalized spacial score (nSPS) is 24.7. The zero-order valence-corrected chi connectivity index (χ0v) is 15.6. The second-order valence-corrected chi connectivity index (χ2v) is 7.19. The topological polar surface area (TPSA) is 64.3 Å². The van der Waals surface area contributed by atoms with Crippen molar-refractivity contribution in [2.24, 2.45) is 5.92 Å². The van der Waals surface area contributed by atoms with Gasteiger partial charge < -0.3 is 15.8 Å². The molecule has 2 aliphatic rings. The van der Waals surface area contributed by atoms with E-state index in [0.717, 1.165) is 24.8 Å². The summed E-state index contributed by atoms with van der Waals surface area (Å²) in [6.07, 6.45) is 7.76. The zero-order valence-electron chi connectivity index (χ0n) is 14.0. The molecule has 0 aromatic heterocycles. The first-order chi connectivity index (χ1) is 11.1. The number of benzene rings is 1. The molecule has 1 aliphatic heterocycles. The van der Waals surface area contributed by atoms with Crippen molar-refractivity contribution in [1.29, 1.82) is 0 Å². The van der Waals surface area contributed by atoms with Crippen molar-refractivity contribution in [2.75, 3.05) is 12.8 Å². The average molecular weight is 373 g/mol. The summed E-state index contributed by atoms with van der Waals surface area (Å²) in [6.45, 7) is 0. The lowest BCUT2D eigenvalue weighted by atomic mass is 9.94. The van der Waals surface area contributed by atoms with E-state index in [2.05, 4.69) is 5.32 Å². The van der Waals surface area contributed by atoms with Crippen LogP contribution in [0.2, 0.25) is 5.02 Å². The lowest BCUT2D eigenvalue weighted by Crippen LogP contribution is -2.35. The molecule has 3 N–H and O–H groups in total. The fourth-order valence-electron chi connectivity index (χ4n) is 4.03. The van der Waals surface area contributed by atoms with E-state index in [9.17, 15) is 4.79 Å². The fourth-order valence-corrected chi connectivity index (χ4v) is 4.20. The maximum atomic E-state index is 12.4. The molecule has 0 spiro atoms. The number of hydrogen-bond donors (Lipinski definition) is 2. The summed E-state index contributed by atoms with van der Waals surface area (Å²) >= 11 is 6.03. The van der Waals surface area contributed by atoms with Gasteiger partial charge in [0.2, 0.25) is 0 Å². The summed E-state index contributed by atoms with van der Waals surface area (Å²) in [5, 5.41) is 4.11. The third kappa shape index (κ3) is 4.16. The number of methoxy groups -OCH3 is 1. The number of rotatable bonds is 7. The molecule has 1 saturated heterocycles. The number of ether oxygens (including phenoxy) is 1. The number of Topliss-reactive ketones (excluding diaryl/α,β-unsaturated/α-hetero) is 1. The lowest BCUT2D eigenvalue weighted by molar-refractivity contribution is 0.0975. The minimum atomic E-state index is 0. The molecule has 0 amide bonds. The van der Waals surface area contributed by atoms with Crippen molar-refractivity contribution in [3.05, 3.63) is 22.7 Å². The Morgan fingerprint density at radius 3 is 2.79 bits per heavy atom. The van der Waals surface area contributed by atoms with Crippen molar-refractivity contribution in [1.82, 2.24) is 5.32 Å². The first kappa shape index (κ1) is 19.4. The van der Waals surface area contributed by atoms with Crippen LogP contribution < -0.4 is 15.8 Å². The predicted molar refractivity (Wildman–Crippen MR) is 101 cm³/mol. The van der Waals surface area contributed by atoms with Crippen LogP contribution in [0.1, 0.15) is 55.3 Å². The quantitative estimate of drug-likeness (QED) is 0.426. The number of fused-ring (bicyclic) bond motifs is 2. The molecule has 3 rings (SSSR count). The number of hydrogen-bond acceptors (Lipinski definition) is 4. The minimum Gasteiger partial charge on any atom is -0.496 e. The Morgan fingerprint density at radius 2 is 2.17 bits per heavy atom. The number of anilines is 1. The van der Waals surface area contributed by atoms with E-state index in [1.165, 1.54) is 25.7 Å². The van der Waals surface area contributed by atoms with Gasteiger partial charge in [0.1, 0.15) is 5.75 Å². The largest absolute Gasteiger partial charge is 0.496 e. The van der Waals surface area contributed by atoms with Crippen molar-refractivity contribution in [2.45, 2.75) is 57.0 Å². The molecule has 1 aromatic rings. The summed E-state index contributed by atoms with van der Waals surface area (Å²) in [5.74, 6) is 1.45. The highest BCUT2D eigenvalue weighted by Gasteiger charge is 2.38. The molecule has 1 aromatic carbocycles. The number of carbonyl (C=O) groups excluding carboxylic acids is 1. The van der Waals surface area contributed by atoms with Crippen molar-refractivity contribution in [3.8, 4) is 5.75 Å². The van der Waals surface area contributed by atoms with Crippen LogP contribution in [0.3, 0.4) is 0 Å². The Bertz CT molecular complexity index is 595. The molecule has 1 aliphatic carbocycles. The number of nitrogen functional groups attached to an aromatic ring is 1. The summed E-state index contributed by atoms with van der Waals surface area (Å²) in [5.41, 5.74) is 6.72. The van der Waals surface area contributed by atoms with Crippen LogP contribution in [0.4, 0.5) is 5.69 Å². The number of halogens is 2. The minimum absolute atomic E-state index is 0. The van der Waals surface area contributed by atoms with Gasteiger partial charge in [0.25, 0.3) is 0 Å². The Balaban J connectivity index is 0.00000208. The number of carbonyl (C=O) groups is 1. The molecule has 4 nitrogen and oxygen atoms in total. The molecule has 0 radical (unpaired) electrons. The molecule has 6 heteroatoms. The predicted octanol–water partition coefficient (Wildman–Crippen LogP) is 4.24. The van der Waals surface area contributed by atoms with Crippen LogP contribution in [-0.2, 0) is 0 Å². The van der Waals surface area contributed by atoms with Crippen LogP contribution in [0.25, 0.3) is 0 Å². The Morgan fingerprint density at radius 1 is 1.38 bits per heavy atom. The highest BCUT2D eigenvalue weighted by atomic mass is 35.5. The molecule has 24 heavy (non-hydrogen) atoms. The fraction of sp³-hybridized carbons (Fsp3) is 0.611. The molecule has 1 saturated carbocycles. The standard InChI is InChI=1S/C18H25ClN2O2.ClH/c1-23-18-10-15(20)14(19)9-13(18)17(22)5-3-2-4-16-11-6-7-12(8-11)21-16;/h9-12,16,21H,2-8,20H2,1H3;1H. The van der Waals surface area contributed by atoms with E-state index >= 15 is 0 Å². The molecular weight excluding hydrogens is 347 g/mol. The number of unbranched alkanes of at least 4 members (excludes halogenated alkanes) is 1. The van der Waals surface area contributed by atoms with Gasteiger partial charge in [-0.05, 0) is 44.1 Å². The van der Waals surface area contributed by atoms with Gasteiger partial charge in [-0.1, -0.05) is 18.0 Å². The number of nitrogens with one attached hydrogen (secondary N) is 1. The molecule has 2 fully saturated rings. The highest BCUT2D eigenvalue weighted by molar-refractivity contribution is 6.33. The van der Waals surface area contributed by atoms with Gasteiger partial charge in [-0.3, -0.25) is 4.79 Å². The van der Waals surface area contributed by atoms with Crippen LogP contribution in [0.15, 0.2) is 12.1 Å². The Hall–Kier alpha value is -0.970. The maximum Gasteiger partial charge on any atom is 0.166 e. The lowest BCUT2D eigenvalue weighted by Gasteiger charge is -2.22. The van der Waals surface area contributed by atoms with Gasteiger partial charge in [-0.2, -0.15) is 0 Å². The van der Waals surface area contributed by atoms with Gasteiger partial charge in [0.05, 0.1) is 23.4 Å². The van der Waals surface area contributed by atoms with E-state index in [4.69, 9.17) is 22.1 Å². The summed E-state index contributed by atoms with van der Waals surface area (Å²) in [7, 11) is 1.54. The molecular formula is C18H26Cl2N2O2. The smallest absolute Gasteiger partial charge is 0.166 e. The van der Waals surface area contributed by atoms with Crippen LogP contribution in [0.5, 0.6) is 5.75 Å². The first-order valence-corrected chi connectivity index (χ1v) is 8.88. The van der Waals surface area contributed by atoms with Gasteiger partial charge in [-0.25, -0.2) is 0 Å². The number of piperidine rings is 1. The zero-order chi connectivity index (χ0) is 16.4. The van der Waals surface area contributed by atoms with Crippen molar-refractivity contribution < 1.29 is 9.53 Å². The summed E-state index contributed by atoms with van der Waals surface area (Å²) in [4.78, 5) is 12.4. The SMILES string of the molecule is COc1cc(N)c(Cl)cc1C(=O)CCCCC1NC2CCC1C2.Cl. The average Bonchev–Trinajstić information content (AvgIpc) is 3.16. The summed E-state index contributed by atoms with van der Waals surface area (Å²) < 4.78 is 5.25. The van der Waals surface area contributed by atoms with Gasteiger partial charge in [-0.15, -0.1) is 12.4 Å². The third-order valence-electron chi connectivity index (χ3n) is 5.28. The molecule has 3 atom stereocenters. The number of nitrogens with two attached hydrogens (primary N) is 1. The molecule has 3 unspecified atom stereocenters.